The highest BCUT2D eigenvalue weighted by Gasteiger charge is 2.33. The van der Waals surface area contributed by atoms with Gasteiger partial charge in [-0.15, -0.1) is 0 Å². The molecule has 1 saturated carbocycles. The summed E-state index contributed by atoms with van der Waals surface area (Å²) in [5.41, 5.74) is 0.333. The van der Waals surface area contributed by atoms with Gasteiger partial charge in [-0.05, 0) is 25.2 Å². The molecule has 92 valence electrons. The summed E-state index contributed by atoms with van der Waals surface area (Å²) in [4.78, 5) is 4.70. The minimum absolute atomic E-state index is 0.333. The van der Waals surface area contributed by atoms with Crippen molar-refractivity contribution in [2.24, 2.45) is 10.9 Å². The monoisotopic (exact) mass is 240 g/mol. The highest BCUT2D eigenvalue weighted by Crippen LogP contribution is 2.31. The molecule has 0 aromatic heterocycles. The van der Waals surface area contributed by atoms with E-state index in [0.29, 0.717) is 5.54 Å². The first kappa shape index (κ1) is 12.3. The third-order valence-corrected chi connectivity index (χ3v) is 5.43. The van der Waals surface area contributed by atoms with Crippen LogP contribution in [0.25, 0.3) is 0 Å². The number of amidine groups is 1. The summed E-state index contributed by atoms with van der Waals surface area (Å²) < 4.78 is 0. The molecular formula is C13H24N2S. The van der Waals surface area contributed by atoms with Crippen LogP contribution >= 0.6 is 11.8 Å². The summed E-state index contributed by atoms with van der Waals surface area (Å²) >= 11 is 1.91. The summed E-state index contributed by atoms with van der Waals surface area (Å²) in [5, 5.41) is 4.82. The van der Waals surface area contributed by atoms with Gasteiger partial charge in [-0.25, -0.2) is 0 Å². The van der Waals surface area contributed by atoms with Crippen LogP contribution in [0.5, 0.6) is 0 Å². The highest BCUT2D eigenvalue weighted by atomic mass is 32.2. The van der Waals surface area contributed by atoms with E-state index in [2.05, 4.69) is 19.2 Å². The summed E-state index contributed by atoms with van der Waals surface area (Å²) in [6, 6.07) is 0. The smallest absolute Gasteiger partial charge is 0.157 e. The Balaban J connectivity index is 1.75. The summed E-state index contributed by atoms with van der Waals surface area (Å²) in [6.07, 6.45) is 8.05. The zero-order valence-electron chi connectivity index (χ0n) is 10.6. The molecule has 16 heavy (non-hydrogen) atoms. The molecule has 0 bridgehead atoms. The maximum absolute atomic E-state index is 4.70. The quantitative estimate of drug-likeness (QED) is 0.796. The van der Waals surface area contributed by atoms with Gasteiger partial charge in [-0.1, -0.05) is 44.9 Å². The predicted octanol–water partition coefficient (Wildman–Crippen LogP) is 3.43. The van der Waals surface area contributed by atoms with E-state index in [0.717, 1.165) is 12.5 Å². The second kappa shape index (κ2) is 5.44. The fourth-order valence-electron chi connectivity index (χ4n) is 2.35. The van der Waals surface area contributed by atoms with E-state index in [-0.39, 0.29) is 0 Å². The van der Waals surface area contributed by atoms with E-state index in [1.165, 1.54) is 49.4 Å². The van der Waals surface area contributed by atoms with Crippen LogP contribution in [0.2, 0.25) is 0 Å². The van der Waals surface area contributed by atoms with Gasteiger partial charge in [0.2, 0.25) is 0 Å². The molecule has 1 N–H and O–H groups in total. The fraction of sp³-hybridized carbons (Fsp3) is 0.923. The van der Waals surface area contributed by atoms with Crippen molar-refractivity contribution in [3.05, 3.63) is 0 Å². The van der Waals surface area contributed by atoms with Crippen LogP contribution in [0.4, 0.5) is 0 Å². The van der Waals surface area contributed by atoms with E-state index in [9.17, 15) is 0 Å². The first-order chi connectivity index (χ1) is 7.78. The number of thioether (sulfide) groups is 1. The Hall–Kier alpha value is -0.180. The van der Waals surface area contributed by atoms with Gasteiger partial charge in [0.05, 0.1) is 0 Å². The molecule has 0 radical (unpaired) electrons. The van der Waals surface area contributed by atoms with Crippen molar-refractivity contribution in [1.29, 1.82) is 0 Å². The molecule has 0 amide bonds. The highest BCUT2D eigenvalue weighted by molar-refractivity contribution is 8.14. The molecule has 0 spiro atoms. The molecule has 1 aliphatic carbocycles. The molecule has 1 aliphatic heterocycles. The van der Waals surface area contributed by atoms with Gasteiger partial charge in [-0.3, -0.25) is 4.99 Å². The molecule has 3 heteroatoms. The first-order valence-electron chi connectivity index (χ1n) is 6.73. The lowest BCUT2D eigenvalue weighted by Gasteiger charge is -2.25. The Morgan fingerprint density at radius 3 is 2.62 bits per heavy atom. The van der Waals surface area contributed by atoms with Crippen LogP contribution in [0.1, 0.15) is 52.4 Å². The van der Waals surface area contributed by atoms with Crippen molar-refractivity contribution in [3.8, 4) is 0 Å². The van der Waals surface area contributed by atoms with Crippen LogP contribution in [-0.2, 0) is 0 Å². The van der Waals surface area contributed by atoms with Gasteiger partial charge in [0.25, 0.3) is 0 Å². The van der Waals surface area contributed by atoms with Crippen molar-refractivity contribution in [1.82, 2.24) is 5.32 Å². The molecular weight excluding hydrogens is 216 g/mol. The zero-order valence-corrected chi connectivity index (χ0v) is 11.4. The van der Waals surface area contributed by atoms with Crippen molar-refractivity contribution in [3.63, 3.8) is 0 Å². The summed E-state index contributed by atoms with van der Waals surface area (Å²) in [6.45, 7) is 5.58. The van der Waals surface area contributed by atoms with E-state index < -0.39 is 0 Å². The normalized spacial score (nSPS) is 26.8. The second-order valence-corrected chi connectivity index (χ2v) is 6.14. The van der Waals surface area contributed by atoms with Gasteiger partial charge < -0.3 is 5.32 Å². The second-order valence-electron chi connectivity index (χ2n) is 5.17. The largest absolute Gasteiger partial charge is 0.359 e. The number of nitrogens with one attached hydrogen (secondary N) is 1. The van der Waals surface area contributed by atoms with Gasteiger partial charge >= 0.3 is 0 Å². The molecule has 2 nitrogen and oxygen atoms in total. The first-order valence-corrected chi connectivity index (χ1v) is 7.72. The zero-order chi connectivity index (χ0) is 11.4. The van der Waals surface area contributed by atoms with Crippen molar-refractivity contribution in [2.45, 2.75) is 57.9 Å². The van der Waals surface area contributed by atoms with Gasteiger partial charge in [0.1, 0.15) is 0 Å². The minimum Gasteiger partial charge on any atom is -0.359 e. The molecule has 0 atom stereocenters. The van der Waals surface area contributed by atoms with Crippen molar-refractivity contribution < 1.29 is 0 Å². The molecule has 0 aromatic rings. The van der Waals surface area contributed by atoms with Crippen LogP contribution < -0.4 is 5.32 Å². The lowest BCUT2D eigenvalue weighted by atomic mass is 9.83. The average Bonchev–Trinajstić information content (AvgIpc) is 2.66. The molecule has 2 aliphatic rings. The molecule has 2 fully saturated rings. The lowest BCUT2D eigenvalue weighted by Crippen LogP contribution is -2.42. The topological polar surface area (TPSA) is 24.4 Å². The average molecular weight is 240 g/mol. The molecule has 0 aromatic carbocycles. The Kier molecular flexibility index (Phi) is 4.17. The molecule has 0 unspecified atom stereocenters. The molecule has 2 rings (SSSR count). The molecule has 1 saturated heterocycles. The lowest BCUT2D eigenvalue weighted by molar-refractivity contribution is 0.300. The Bertz CT molecular complexity index is 255. The standard InChI is InChI=1S/C13H24N2S/c1-3-13(4-2)10-16-12(15-13)14-9-8-11-6-5-7-11/h11H,3-10H2,1-2H3,(H,14,15). The molecule has 1 heterocycles. The van der Waals surface area contributed by atoms with Crippen LogP contribution in [0.15, 0.2) is 4.99 Å². The Morgan fingerprint density at radius 1 is 1.38 bits per heavy atom. The van der Waals surface area contributed by atoms with E-state index in [4.69, 9.17) is 4.99 Å². The van der Waals surface area contributed by atoms with Gasteiger partial charge in [0, 0.05) is 17.8 Å². The van der Waals surface area contributed by atoms with Gasteiger partial charge in [0.15, 0.2) is 5.17 Å². The SMILES string of the molecule is CCC1(CC)CSC(=NCCC2CCC2)N1. The van der Waals surface area contributed by atoms with Crippen molar-refractivity contribution >= 4 is 16.9 Å². The van der Waals surface area contributed by atoms with Gasteiger partial charge in [-0.2, -0.15) is 0 Å². The van der Waals surface area contributed by atoms with Crippen molar-refractivity contribution in [2.75, 3.05) is 12.3 Å². The van der Waals surface area contributed by atoms with Crippen LogP contribution in [-0.4, -0.2) is 23.0 Å². The Labute approximate surface area is 104 Å². The summed E-state index contributed by atoms with van der Waals surface area (Å²) in [7, 11) is 0. The van der Waals surface area contributed by atoms with E-state index >= 15 is 0 Å². The maximum atomic E-state index is 4.70. The Morgan fingerprint density at radius 2 is 2.12 bits per heavy atom. The van der Waals surface area contributed by atoms with E-state index in [1.807, 2.05) is 11.8 Å². The van der Waals surface area contributed by atoms with Crippen LogP contribution in [0.3, 0.4) is 0 Å². The number of hydrogen-bond donors (Lipinski definition) is 1. The summed E-state index contributed by atoms with van der Waals surface area (Å²) in [5.74, 6) is 2.18. The van der Waals surface area contributed by atoms with Crippen LogP contribution in [0, 0.1) is 5.92 Å². The number of rotatable bonds is 5. The number of aliphatic imine (C=N–C) groups is 1. The predicted molar refractivity (Wildman–Crippen MR) is 73.2 cm³/mol. The number of nitrogens with zero attached hydrogens (tertiary/aromatic N) is 1. The fourth-order valence-corrected chi connectivity index (χ4v) is 3.72. The third kappa shape index (κ3) is 2.73. The third-order valence-electron chi connectivity index (χ3n) is 4.23. The number of hydrogen-bond acceptors (Lipinski definition) is 2. The minimum atomic E-state index is 0.333. The maximum Gasteiger partial charge on any atom is 0.157 e. The van der Waals surface area contributed by atoms with E-state index in [1.54, 1.807) is 0 Å².